The molecule has 0 atom stereocenters. The molecule has 2 aromatic rings. The number of carbonyl (C=O) groups excluding carboxylic acids is 2. The molecule has 110 valence electrons. The lowest BCUT2D eigenvalue weighted by molar-refractivity contribution is -0.149. The third-order valence-electron chi connectivity index (χ3n) is 2.37. The van der Waals surface area contributed by atoms with Gasteiger partial charge in [0.05, 0.1) is 0 Å². The van der Waals surface area contributed by atoms with Gasteiger partial charge in [-0.3, -0.25) is 4.79 Å². The Bertz CT molecular complexity index is 609. The summed E-state index contributed by atoms with van der Waals surface area (Å²) in [6, 6.07) is 10.4. The Labute approximate surface area is 120 Å². The second-order valence-corrected chi connectivity index (χ2v) is 4.14. The minimum absolute atomic E-state index is 0.193. The highest BCUT2D eigenvalue weighted by atomic mass is 16.6. The molecule has 7 nitrogen and oxygen atoms in total. The molecule has 21 heavy (non-hydrogen) atoms. The minimum Gasteiger partial charge on any atom is -0.463 e. The van der Waals surface area contributed by atoms with Gasteiger partial charge in [0.15, 0.2) is 13.2 Å². The molecular weight excluding hydrogens is 276 g/mol. The number of anilines is 1. The number of para-hydroxylation sites is 1. The number of hydrogen-bond donors (Lipinski definition) is 1. The van der Waals surface area contributed by atoms with Crippen molar-refractivity contribution in [2.24, 2.45) is 0 Å². The van der Waals surface area contributed by atoms with E-state index >= 15 is 0 Å². The van der Waals surface area contributed by atoms with E-state index in [2.05, 4.69) is 10.5 Å². The van der Waals surface area contributed by atoms with Crippen LogP contribution in [-0.2, 0) is 14.3 Å². The van der Waals surface area contributed by atoms with Crippen LogP contribution in [0.4, 0.5) is 5.69 Å². The molecule has 0 spiro atoms. The van der Waals surface area contributed by atoms with Gasteiger partial charge in [0, 0.05) is 11.8 Å². The summed E-state index contributed by atoms with van der Waals surface area (Å²) in [4.78, 5) is 22.9. The molecule has 0 aliphatic carbocycles. The molecule has 1 aromatic carbocycles. The maximum atomic E-state index is 11.5. The molecule has 0 aliphatic rings. The molecule has 7 heteroatoms. The van der Waals surface area contributed by atoms with Crippen LogP contribution in [-0.4, -0.2) is 30.2 Å². The summed E-state index contributed by atoms with van der Waals surface area (Å²) in [7, 11) is 0. The number of esters is 1. The maximum absolute atomic E-state index is 11.5. The van der Waals surface area contributed by atoms with Crippen LogP contribution in [0.25, 0.3) is 0 Å². The molecule has 0 saturated heterocycles. The van der Waals surface area contributed by atoms with Crippen LogP contribution in [0.2, 0.25) is 0 Å². The fraction of sp³-hybridized carbons (Fsp3) is 0.214. The molecule has 1 N–H and O–H groups in total. The highest BCUT2D eigenvalue weighted by Crippen LogP contribution is 2.09. The number of carbonyl (C=O) groups is 2. The van der Waals surface area contributed by atoms with E-state index in [9.17, 15) is 9.59 Å². The summed E-state index contributed by atoms with van der Waals surface area (Å²) < 4.78 is 14.6. The van der Waals surface area contributed by atoms with Crippen molar-refractivity contribution in [1.82, 2.24) is 5.16 Å². The second kappa shape index (κ2) is 7.09. The summed E-state index contributed by atoms with van der Waals surface area (Å²) in [5.74, 6) is -0.329. The molecule has 0 saturated carbocycles. The summed E-state index contributed by atoms with van der Waals surface area (Å²) in [5, 5.41) is 6.14. The van der Waals surface area contributed by atoms with Gasteiger partial charge in [0.2, 0.25) is 0 Å². The van der Waals surface area contributed by atoms with Crippen molar-refractivity contribution in [3.63, 3.8) is 0 Å². The Morgan fingerprint density at radius 2 is 2.00 bits per heavy atom. The van der Waals surface area contributed by atoms with E-state index in [1.54, 1.807) is 31.2 Å². The van der Waals surface area contributed by atoms with Gasteiger partial charge in [-0.25, -0.2) is 4.79 Å². The Morgan fingerprint density at radius 1 is 1.24 bits per heavy atom. The third kappa shape index (κ3) is 4.98. The lowest BCUT2D eigenvalue weighted by Crippen LogP contribution is -2.23. The number of aryl methyl sites for hydroxylation is 1. The Kier molecular flexibility index (Phi) is 4.92. The minimum atomic E-state index is -0.668. The molecule has 1 amide bonds. The van der Waals surface area contributed by atoms with Crippen LogP contribution in [0.15, 0.2) is 40.9 Å². The predicted molar refractivity (Wildman–Crippen MR) is 72.8 cm³/mol. The topological polar surface area (TPSA) is 90.7 Å². The Balaban J connectivity index is 1.67. The Hall–Kier alpha value is -2.83. The SMILES string of the molecule is Cc1cc(OCC(=O)OCC(=O)Nc2ccccc2)no1. The molecule has 0 radical (unpaired) electrons. The van der Waals surface area contributed by atoms with E-state index in [0.29, 0.717) is 11.4 Å². The summed E-state index contributed by atoms with van der Waals surface area (Å²) in [5.41, 5.74) is 0.632. The van der Waals surface area contributed by atoms with E-state index < -0.39 is 11.9 Å². The summed E-state index contributed by atoms with van der Waals surface area (Å²) in [6.45, 7) is 0.978. The number of benzene rings is 1. The number of ether oxygens (including phenoxy) is 2. The molecule has 0 fully saturated rings. The average Bonchev–Trinajstić information content (AvgIpc) is 2.90. The maximum Gasteiger partial charge on any atom is 0.344 e. The average molecular weight is 290 g/mol. The number of aromatic nitrogens is 1. The van der Waals surface area contributed by atoms with E-state index in [1.807, 2.05) is 6.07 Å². The lowest BCUT2D eigenvalue weighted by Gasteiger charge is -2.06. The number of hydrogen-bond acceptors (Lipinski definition) is 6. The summed E-state index contributed by atoms with van der Waals surface area (Å²) >= 11 is 0. The van der Waals surface area contributed by atoms with Crippen molar-refractivity contribution in [2.45, 2.75) is 6.92 Å². The fourth-order valence-electron chi connectivity index (χ4n) is 1.45. The van der Waals surface area contributed by atoms with Crippen LogP contribution in [0, 0.1) is 6.92 Å². The van der Waals surface area contributed by atoms with Crippen molar-refractivity contribution >= 4 is 17.6 Å². The van der Waals surface area contributed by atoms with Crippen molar-refractivity contribution in [3.8, 4) is 5.88 Å². The second-order valence-electron chi connectivity index (χ2n) is 4.14. The van der Waals surface area contributed by atoms with Crippen LogP contribution in [0.3, 0.4) is 0 Å². The van der Waals surface area contributed by atoms with Gasteiger partial charge in [0.25, 0.3) is 11.8 Å². The molecule has 0 aliphatic heterocycles. The smallest absolute Gasteiger partial charge is 0.344 e. The summed E-state index contributed by atoms with van der Waals surface area (Å²) in [6.07, 6.45) is 0. The van der Waals surface area contributed by atoms with Gasteiger partial charge >= 0.3 is 5.97 Å². The highest BCUT2D eigenvalue weighted by Gasteiger charge is 2.10. The molecule has 2 rings (SSSR count). The molecule has 1 aromatic heterocycles. The van der Waals surface area contributed by atoms with Gasteiger partial charge in [-0.05, 0) is 24.2 Å². The number of nitrogens with one attached hydrogen (secondary N) is 1. The van der Waals surface area contributed by atoms with Crippen LogP contribution < -0.4 is 10.1 Å². The highest BCUT2D eigenvalue weighted by molar-refractivity contribution is 5.92. The first-order valence-electron chi connectivity index (χ1n) is 6.20. The molecule has 0 unspecified atom stereocenters. The van der Waals surface area contributed by atoms with Crippen LogP contribution in [0.5, 0.6) is 5.88 Å². The lowest BCUT2D eigenvalue weighted by atomic mass is 10.3. The van der Waals surface area contributed by atoms with Gasteiger partial charge in [-0.2, -0.15) is 0 Å². The molecule has 0 bridgehead atoms. The first-order chi connectivity index (χ1) is 10.1. The van der Waals surface area contributed by atoms with E-state index in [-0.39, 0.29) is 19.1 Å². The Morgan fingerprint density at radius 3 is 2.67 bits per heavy atom. The zero-order valence-electron chi connectivity index (χ0n) is 11.4. The third-order valence-corrected chi connectivity index (χ3v) is 2.37. The van der Waals surface area contributed by atoms with E-state index in [4.69, 9.17) is 14.0 Å². The van der Waals surface area contributed by atoms with Crippen molar-refractivity contribution in [3.05, 3.63) is 42.2 Å². The van der Waals surface area contributed by atoms with E-state index in [0.717, 1.165) is 0 Å². The standard InChI is InChI=1S/C14H14N2O5/c1-10-7-13(16-21-10)19-9-14(18)20-8-12(17)15-11-5-3-2-4-6-11/h2-7H,8-9H2,1H3,(H,15,17). The van der Waals surface area contributed by atoms with Gasteiger partial charge < -0.3 is 19.3 Å². The van der Waals surface area contributed by atoms with Crippen molar-refractivity contribution in [2.75, 3.05) is 18.5 Å². The fourth-order valence-corrected chi connectivity index (χ4v) is 1.45. The van der Waals surface area contributed by atoms with Gasteiger partial charge in [-0.1, -0.05) is 18.2 Å². The largest absolute Gasteiger partial charge is 0.463 e. The first kappa shape index (κ1) is 14.6. The first-order valence-corrected chi connectivity index (χ1v) is 6.20. The normalized spacial score (nSPS) is 9.95. The van der Waals surface area contributed by atoms with Gasteiger partial charge in [0.1, 0.15) is 5.76 Å². The molecular formula is C14H14N2O5. The number of nitrogens with zero attached hydrogens (tertiary/aromatic N) is 1. The van der Waals surface area contributed by atoms with Gasteiger partial charge in [-0.15, -0.1) is 0 Å². The van der Waals surface area contributed by atoms with E-state index in [1.165, 1.54) is 6.07 Å². The van der Waals surface area contributed by atoms with Crippen LogP contribution >= 0.6 is 0 Å². The number of rotatable bonds is 6. The monoisotopic (exact) mass is 290 g/mol. The quantitative estimate of drug-likeness (QED) is 0.812. The van der Waals surface area contributed by atoms with Crippen molar-refractivity contribution < 1.29 is 23.6 Å². The predicted octanol–water partition coefficient (Wildman–Crippen LogP) is 1.54. The molecule has 1 heterocycles. The zero-order valence-corrected chi connectivity index (χ0v) is 11.4. The zero-order chi connectivity index (χ0) is 15.1. The van der Waals surface area contributed by atoms with Crippen molar-refractivity contribution in [1.29, 1.82) is 0 Å². The van der Waals surface area contributed by atoms with Crippen LogP contribution in [0.1, 0.15) is 5.76 Å². The number of amides is 1.